The molecule has 0 saturated heterocycles. The molecule has 0 radical (unpaired) electrons. The van der Waals surface area contributed by atoms with E-state index in [0.29, 0.717) is 30.9 Å². The monoisotopic (exact) mass is 331 g/mol. The molecule has 1 aliphatic carbocycles. The van der Waals surface area contributed by atoms with Crippen LogP contribution in [-0.2, 0) is 22.6 Å². The van der Waals surface area contributed by atoms with Crippen LogP contribution < -0.4 is 10.1 Å². The van der Waals surface area contributed by atoms with Gasteiger partial charge in [0.15, 0.2) is 6.79 Å². The van der Waals surface area contributed by atoms with Crippen LogP contribution in [0.3, 0.4) is 0 Å². The number of halogens is 1. The number of carbonyl (C=O) groups excluding carboxylic acids is 1. The standard InChI is InChI=1S/C18H18FNO4/c19-13-6-11(17-12(7-13)9-22-10-24-17)3-4-20-18(21)15-8-14(15)16-2-1-5-23-16/h1-2,5-7,14-15H,3-4,8-10H2,(H,20,21)/t14-,15-/m0/s1. The molecule has 2 aromatic rings. The van der Waals surface area contributed by atoms with E-state index in [-0.39, 0.29) is 30.4 Å². The molecular weight excluding hydrogens is 313 g/mol. The first-order chi connectivity index (χ1) is 11.7. The summed E-state index contributed by atoms with van der Waals surface area (Å²) in [6.45, 7) is 0.963. The van der Waals surface area contributed by atoms with Crippen LogP contribution in [0.4, 0.5) is 4.39 Å². The minimum Gasteiger partial charge on any atom is -0.469 e. The highest BCUT2D eigenvalue weighted by molar-refractivity contribution is 5.82. The van der Waals surface area contributed by atoms with Crippen LogP contribution in [-0.4, -0.2) is 19.2 Å². The Morgan fingerprint density at radius 2 is 2.29 bits per heavy atom. The first-order valence-electron chi connectivity index (χ1n) is 8.05. The Labute approximate surface area is 138 Å². The van der Waals surface area contributed by atoms with Crippen LogP contribution >= 0.6 is 0 Å². The minimum atomic E-state index is -0.316. The van der Waals surface area contributed by atoms with Crippen molar-refractivity contribution in [1.29, 1.82) is 0 Å². The van der Waals surface area contributed by atoms with E-state index in [1.54, 1.807) is 6.26 Å². The number of amides is 1. The highest BCUT2D eigenvalue weighted by Crippen LogP contribution is 2.47. The average Bonchev–Trinajstić information content (AvgIpc) is 3.20. The number of furan rings is 1. The lowest BCUT2D eigenvalue weighted by Crippen LogP contribution is -2.28. The zero-order chi connectivity index (χ0) is 16.5. The fourth-order valence-corrected chi connectivity index (χ4v) is 3.20. The van der Waals surface area contributed by atoms with E-state index in [1.165, 1.54) is 12.1 Å². The number of rotatable bonds is 5. The zero-order valence-corrected chi connectivity index (χ0v) is 13.1. The van der Waals surface area contributed by atoms with Crippen LogP contribution in [0.25, 0.3) is 0 Å². The van der Waals surface area contributed by atoms with Gasteiger partial charge in [-0.25, -0.2) is 4.39 Å². The van der Waals surface area contributed by atoms with Gasteiger partial charge in [0.05, 0.1) is 12.9 Å². The fourth-order valence-electron chi connectivity index (χ4n) is 3.20. The van der Waals surface area contributed by atoms with Gasteiger partial charge in [-0.2, -0.15) is 0 Å². The van der Waals surface area contributed by atoms with Crippen molar-refractivity contribution >= 4 is 5.91 Å². The number of hydrogen-bond donors (Lipinski definition) is 1. The Balaban J connectivity index is 1.33. The van der Waals surface area contributed by atoms with E-state index in [9.17, 15) is 9.18 Å². The molecule has 1 N–H and O–H groups in total. The first-order valence-corrected chi connectivity index (χ1v) is 8.05. The third kappa shape index (κ3) is 3.01. The summed E-state index contributed by atoms with van der Waals surface area (Å²) in [4.78, 5) is 12.2. The van der Waals surface area contributed by atoms with E-state index >= 15 is 0 Å². The maximum Gasteiger partial charge on any atom is 0.223 e. The minimum absolute atomic E-state index is 0.0194. The van der Waals surface area contributed by atoms with E-state index in [4.69, 9.17) is 13.9 Å². The highest BCUT2D eigenvalue weighted by atomic mass is 19.1. The summed E-state index contributed by atoms with van der Waals surface area (Å²) < 4.78 is 29.7. The Morgan fingerprint density at radius 1 is 1.38 bits per heavy atom. The summed E-state index contributed by atoms with van der Waals surface area (Å²) in [6.07, 6.45) is 2.96. The molecule has 0 bridgehead atoms. The maximum atomic E-state index is 13.7. The van der Waals surface area contributed by atoms with Crippen molar-refractivity contribution in [1.82, 2.24) is 5.32 Å². The quantitative estimate of drug-likeness (QED) is 0.915. The molecule has 1 aliphatic heterocycles. The number of fused-ring (bicyclic) bond motifs is 1. The summed E-state index contributed by atoms with van der Waals surface area (Å²) >= 11 is 0. The summed E-state index contributed by atoms with van der Waals surface area (Å²) in [6, 6.07) is 6.61. The lowest BCUT2D eigenvalue weighted by molar-refractivity contribution is -0.122. The molecule has 6 heteroatoms. The van der Waals surface area contributed by atoms with E-state index in [2.05, 4.69) is 5.32 Å². The van der Waals surface area contributed by atoms with Gasteiger partial charge in [-0.1, -0.05) is 0 Å². The Bertz CT molecular complexity index is 744. The Hall–Kier alpha value is -2.34. The molecule has 4 rings (SSSR count). The number of hydrogen-bond acceptors (Lipinski definition) is 4. The molecule has 0 spiro atoms. The van der Waals surface area contributed by atoms with Crippen molar-refractivity contribution in [3.05, 3.63) is 53.2 Å². The third-order valence-corrected chi connectivity index (χ3v) is 4.48. The van der Waals surface area contributed by atoms with Crippen molar-refractivity contribution in [2.24, 2.45) is 5.92 Å². The van der Waals surface area contributed by atoms with Crippen LogP contribution in [0, 0.1) is 11.7 Å². The van der Waals surface area contributed by atoms with Gasteiger partial charge in [-0.05, 0) is 42.7 Å². The predicted octanol–water partition coefficient (Wildman–Crippen LogP) is 2.75. The summed E-state index contributed by atoms with van der Waals surface area (Å²) in [7, 11) is 0. The second-order valence-electron chi connectivity index (χ2n) is 6.17. The SMILES string of the molecule is O=C(NCCc1cc(F)cc2c1OCOC2)[C@H]1C[C@@H]1c1ccco1. The van der Waals surface area contributed by atoms with Crippen molar-refractivity contribution in [2.75, 3.05) is 13.3 Å². The van der Waals surface area contributed by atoms with E-state index in [0.717, 1.165) is 17.7 Å². The second-order valence-corrected chi connectivity index (χ2v) is 6.17. The molecule has 126 valence electrons. The molecule has 2 heterocycles. The predicted molar refractivity (Wildman–Crippen MR) is 83.0 cm³/mol. The van der Waals surface area contributed by atoms with Crippen molar-refractivity contribution in [3.8, 4) is 5.75 Å². The smallest absolute Gasteiger partial charge is 0.223 e. The van der Waals surface area contributed by atoms with Crippen LogP contribution in [0.5, 0.6) is 5.75 Å². The van der Waals surface area contributed by atoms with Gasteiger partial charge in [0.2, 0.25) is 5.91 Å². The van der Waals surface area contributed by atoms with Crippen LogP contribution in [0.15, 0.2) is 34.9 Å². The Morgan fingerprint density at radius 3 is 3.12 bits per heavy atom. The van der Waals surface area contributed by atoms with Gasteiger partial charge in [0, 0.05) is 23.9 Å². The number of ether oxygens (including phenoxy) is 2. The summed E-state index contributed by atoms with van der Waals surface area (Å²) in [5.74, 6) is 1.40. The lowest BCUT2D eigenvalue weighted by Gasteiger charge is -2.21. The van der Waals surface area contributed by atoms with Gasteiger partial charge < -0.3 is 19.2 Å². The number of benzene rings is 1. The van der Waals surface area contributed by atoms with Crippen molar-refractivity contribution in [2.45, 2.75) is 25.4 Å². The molecule has 5 nitrogen and oxygen atoms in total. The maximum absolute atomic E-state index is 13.7. The van der Waals surface area contributed by atoms with Crippen LogP contribution in [0.1, 0.15) is 29.2 Å². The second kappa shape index (κ2) is 6.28. The van der Waals surface area contributed by atoms with Gasteiger partial charge in [-0.15, -0.1) is 0 Å². The summed E-state index contributed by atoms with van der Waals surface area (Å²) in [5, 5.41) is 2.92. The molecule has 1 amide bonds. The van der Waals surface area contributed by atoms with Crippen molar-refractivity contribution in [3.63, 3.8) is 0 Å². The van der Waals surface area contributed by atoms with Crippen molar-refractivity contribution < 1.29 is 23.1 Å². The average molecular weight is 331 g/mol. The largest absolute Gasteiger partial charge is 0.469 e. The van der Waals surface area contributed by atoms with Gasteiger partial charge in [-0.3, -0.25) is 4.79 Å². The fraction of sp³-hybridized carbons (Fsp3) is 0.389. The zero-order valence-electron chi connectivity index (χ0n) is 13.1. The van der Waals surface area contributed by atoms with Gasteiger partial charge in [0.25, 0.3) is 0 Å². The molecular formula is C18H18FNO4. The molecule has 2 atom stereocenters. The molecule has 1 aromatic heterocycles. The highest BCUT2D eigenvalue weighted by Gasteiger charge is 2.45. The van der Waals surface area contributed by atoms with Gasteiger partial charge in [0.1, 0.15) is 17.3 Å². The lowest BCUT2D eigenvalue weighted by atomic mass is 10.1. The van der Waals surface area contributed by atoms with Gasteiger partial charge >= 0.3 is 0 Å². The molecule has 1 saturated carbocycles. The van der Waals surface area contributed by atoms with E-state index < -0.39 is 0 Å². The Kier molecular flexibility index (Phi) is 3.98. The molecule has 2 aliphatic rings. The molecule has 0 unspecified atom stereocenters. The van der Waals surface area contributed by atoms with Crippen LogP contribution in [0.2, 0.25) is 0 Å². The molecule has 1 aromatic carbocycles. The molecule has 1 fully saturated rings. The van der Waals surface area contributed by atoms with E-state index in [1.807, 2.05) is 12.1 Å². The first kappa shape index (κ1) is 15.2. The summed E-state index contributed by atoms with van der Waals surface area (Å²) in [5.41, 5.74) is 1.47. The topological polar surface area (TPSA) is 60.7 Å². The number of nitrogens with one attached hydrogen (secondary N) is 1. The normalized spacial score (nSPS) is 21.7. The molecule has 24 heavy (non-hydrogen) atoms. The number of carbonyl (C=O) groups is 1. The third-order valence-electron chi connectivity index (χ3n) is 4.48.